The third kappa shape index (κ3) is 1.84. The summed E-state index contributed by atoms with van der Waals surface area (Å²) in [5, 5.41) is 3.32. The molecule has 1 atom stereocenters. The maximum atomic E-state index is 14.0. The zero-order valence-electron chi connectivity index (χ0n) is 10.6. The molecule has 1 unspecified atom stereocenters. The van der Waals surface area contributed by atoms with E-state index in [1.165, 1.54) is 0 Å². The highest BCUT2D eigenvalue weighted by molar-refractivity contribution is 5.86. The van der Waals surface area contributed by atoms with E-state index in [1.54, 1.807) is 0 Å². The number of halogens is 3. The second kappa shape index (κ2) is 4.56. The molecule has 0 spiro atoms. The molecule has 19 heavy (non-hydrogen) atoms. The van der Waals surface area contributed by atoms with E-state index in [0.29, 0.717) is 11.6 Å². The van der Waals surface area contributed by atoms with Crippen LogP contribution in [-0.4, -0.2) is 11.5 Å². The molecule has 0 saturated carbocycles. The van der Waals surface area contributed by atoms with Crippen molar-refractivity contribution in [2.45, 2.75) is 32.2 Å². The van der Waals surface area contributed by atoms with Crippen LogP contribution >= 0.6 is 0 Å². The third-order valence-electron chi connectivity index (χ3n) is 3.76. The Hall–Kier alpha value is -1.49. The number of fused-ring (bicyclic) bond motifs is 3. The van der Waals surface area contributed by atoms with Gasteiger partial charge in [0.05, 0.1) is 5.52 Å². The minimum absolute atomic E-state index is 0.0433. The maximum Gasteiger partial charge on any atom is 0.168 e. The van der Waals surface area contributed by atoms with Crippen molar-refractivity contribution < 1.29 is 13.2 Å². The number of hydrogen-bond acceptors (Lipinski definition) is 1. The first-order valence-electron chi connectivity index (χ1n) is 6.54. The predicted molar refractivity (Wildman–Crippen MR) is 67.5 cm³/mol. The van der Waals surface area contributed by atoms with Crippen molar-refractivity contribution in [2.75, 3.05) is 6.54 Å². The first-order chi connectivity index (χ1) is 9.13. The summed E-state index contributed by atoms with van der Waals surface area (Å²) >= 11 is 0. The Morgan fingerprint density at radius 2 is 2.11 bits per heavy atom. The van der Waals surface area contributed by atoms with Gasteiger partial charge >= 0.3 is 0 Å². The second-order valence-electron chi connectivity index (χ2n) is 4.92. The molecule has 1 aliphatic rings. The van der Waals surface area contributed by atoms with Gasteiger partial charge in [-0.15, -0.1) is 0 Å². The van der Waals surface area contributed by atoms with Gasteiger partial charge in [0, 0.05) is 28.8 Å². The molecule has 0 fully saturated rings. The standard InChI is InChI=1S/C14H15F3N2/c1-2-18-9-4-3-5-10-11(9)12-13(17)7(15)6-8(16)14(12)19-10/h6,9,18-19H,2-5H2,1H3. The van der Waals surface area contributed by atoms with Gasteiger partial charge in [-0.05, 0) is 25.8 Å². The van der Waals surface area contributed by atoms with Gasteiger partial charge in [0.2, 0.25) is 0 Å². The minimum Gasteiger partial charge on any atom is -0.356 e. The van der Waals surface area contributed by atoms with Crippen molar-refractivity contribution >= 4 is 10.9 Å². The van der Waals surface area contributed by atoms with Crippen LogP contribution in [0.2, 0.25) is 0 Å². The van der Waals surface area contributed by atoms with Gasteiger partial charge in [0.15, 0.2) is 11.6 Å². The Balaban J connectivity index is 2.31. The average Bonchev–Trinajstić information content (AvgIpc) is 2.77. The highest BCUT2D eigenvalue weighted by Crippen LogP contribution is 2.38. The zero-order chi connectivity index (χ0) is 13.6. The number of rotatable bonds is 2. The molecule has 102 valence electrons. The first kappa shape index (κ1) is 12.5. The van der Waals surface area contributed by atoms with Crippen molar-refractivity contribution in [1.29, 1.82) is 0 Å². The van der Waals surface area contributed by atoms with Gasteiger partial charge < -0.3 is 10.3 Å². The van der Waals surface area contributed by atoms with Crippen LogP contribution in [-0.2, 0) is 6.42 Å². The molecule has 5 heteroatoms. The maximum absolute atomic E-state index is 14.0. The number of nitrogens with one attached hydrogen (secondary N) is 2. The highest BCUT2D eigenvalue weighted by atomic mass is 19.2. The van der Waals surface area contributed by atoms with Crippen LogP contribution in [0.3, 0.4) is 0 Å². The van der Waals surface area contributed by atoms with Crippen LogP contribution in [0.5, 0.6) is 0 Å². The summed E-state index contributed by atoms with van der Waals surface area (Å²) in [5.74, 6) is -2.83. The van der Waals surface area contributed by atoms with E-state index in [9.17, 15) is 13.2 Å². The van der Waals surface area contributed by atoms with Gasteiger partial charge in [0.25, 0.3) is 0 Å². The summed E-state index contributed by atoms with van der Waals surface area (Å²) in [7, 11) is 0. The molecule has 0 bridgehead atoms. The molecule has 1 aromatic heterocycles. The molecule has 2 nitrogen and oxygen atoms in total. The van der Waals surface area contributed by atoms with Gasteiger partial charge in [-0.1, -0.05) is 6.92 Å². The molecule has 0 saturated heterocycles. The van der Waals surface area contributed by atoms with Crippen molar-refractivity contribution in [3.8, 4) is 0 Å². The number of aryl methyl sites for hydroxylation is 1. The molecule has 0 radical (unpaired) electrons. The Morgan fingerprint density at radius 1 is 1.32 bits per heavy atom. The average molecular weight is 268 g/mol. The lowest BCUT2D eigenvalue weighted by Crippen LogP contribution is -2.24. The fourth-order valence-corrected chi connectivity index (χ4v) is 3.00. The van der Waals surface area contributed by atoms with E-state index in [-0.39, 0.29) is 16.9 Å². The zero-order valence-corrected chi connectivity index (χ0v) is 10.6. The Bertz CT molecular complexity index is 633. The van der Waals surface area contributed by atoms with Crippen molar-refractivity contribution in [3.63, 3.8) is 0 Å². The van der Waals surface area contributed by atoms with Crippen LogP contribution in [0.15, 0.2) is 6.07 Å². The Morgan fingerprint density at radius 3 is 2.84 bits per heavy atom. The molecule has 0 aliphatic heterocycles. The van der Waals surface area contributed by atoms with Crippen LogP contribution in [0, 0.1) is 17.5 Å². The van der Waals surface area contributed by atoms with Crippen LogP contribution in [0.1, 0.15) is 37.1 Å². The molecule has 2 aromatic rings. The van der Waals surface area contributed by atoms with E-state index in [2.05, 4.69) is 10.3 Å². The summed E-state index contributed by atoms with van der Waals surface area (Å²) in [6, 6.07) is 0.556. The van der Waals surface area contributed by atoms with Gasteiger partial charge in [-0.3, -0.25) is 0 Å². The molecule has 0 amide bonds. The normalized spacial score (nSPS) is 18.8. The highest BCUT2D eigenvalue weighted by Gasteiger charge is 2.28. The fraction of sp³-hybridized carbons (Fsp3) is 0.429. The molecule has 2 N–H and O–H groups in total. The molecule has 1 aromatic carbocycles. The second-order valence-corrected chi connectivity index (χ2v) is 4.92. The van der Waals surface area contributed by atoms with Crippen LogP contribution < -0.4 is 5.32 Å². The van der Waals surface area contributed by atoms with E-state index in [1.807, 2.05) is 6.92 Å². The Kier molecular flexibility index (Phi) is 3.01. The lowest BCUT2D eigenvalue weighted by Gasteiger charge is -2.23. The van der Waals surface area contributed by atoms with Crippen molar-refractivity contribution in [1.82, 2.24) is 10.3 Å². The lowest BCUT2D eigenvalue weighted by molar-refractivity contribution is 0.469. The SMILES string of the molecule is CCNC1CCCc2[nH]c3c(F)cc(F)c(F)c3c21. The third-order valence-corrected chi connectivity index (χ3v) is 3.76. The van der Waals surface area contributed by atoms with E-state index < -0.39 is 17.5 Å². The van der Waals surface area contributed by atoms with Gasteiger partial charge in [-0.25, -0.2) is 13.2 Å². The summed E-state index contributed by atoms with van der Waals surface area (Å²) in [5.41, 5.74) is 1.59. The molecule has 1 heterocycles. The number of hydrogen-bond donors (Lipinski definition) is 2. The molecule has 1 aliphatic carbocycles. The largest absolute Gasteiger partial charge is 0.356 e. The number of H-pyrrole nitrogens is 1. The number of aromatic amines is 1. The quantitative estimate of drug-likeness (QED) is 0.801. The van der Waals surface area contributed by atoms with Gasteiger partial charge in [0.1, 0.15) is 5.82 Å². The van der Waals surface area contributed by atoms with Crippen molar-refractivity contribution in [2.24, 2.45) is 0 Å². The smallest absolute Gasteiger partial charge is 0.168 e. The predicted octanol–water partition coefficient (Wildman–Crippen LogP) is 3.57. The monoisotopic (exact) mass is 268 g/mol. The molecular formula is C14H15F3N2. The summed E-state index contributed by atoms with van der Waals surface area (Å²) in [4.78, 5) is 2.92. The van der Waals surface area contributed by atoms with Crippen molar-refractivity contribution in [3.05, 3.63) is 34.8 Å². The van der Waals surface area contributed by atoms with E-state index in [4.69, 9.17) is 0 Å². The minimum atomic E-state index is -1.13. The van der Waals surface area contributed by atoms with Crippen LogP contribution in [0.25, 0.3) is 10.9 Å². The number of benzene rings is 1. The molecular weight excluding hydrogens is 253 g/mol. The topological polar surface area (TPSA) is 27.8 Å². The fourth-order valence-electron chi connectivity index (χ4n) is 3.00. The van der Waals surface area contributed by atoms with Crippen LogP contribution in [0.4, 0.5) is 13.2 Å². The van der Waals surface area contributed by atoms with Gasteiger partial charge in [-0.2, -0.15) is 0 Å². The van der Waals surface area contributed by atoms with E-state index >= 15 is 0 Å². The summed E-state index contributed by atoms with van der Waals surface area (Å²) in [6.07, 6.45) is 2.54. The van der Waals surface area contributed by atoms with E-state index in [0.717, 1.165) is 31.5 Å². The molecule has 3 rings (SSSR count). The lowest BCUT2D eigenvalue weighted by atomic mass is 9.90. The Labute approximate surface area is 109 Å². The summed E-state index contributed by atoms with van der Waals surface area (Å²) < 4.78 is 41.2. The first-order valence-corrected chi connectivity index (χ1v) is 6.54. The summed E-state index contributed by atoms with van der Waals surface area (Å²) in [6.45, 7) is 2.69. The number of aromatic nitrogens is 1.